The predicted octanol–water partition coefficient (Wildman–Crippen LogP) is 4.08. The van der Waals surface area contributed by atoms with Crippen LogP contribution in [-0.2, 0) is 13.5 Å². The molecule has 0 saturated heterocycles. The lowest BCUT2D eigenvalue weighted by Crippen LogP contribution is -2.13. The lowest BCUT2D eigenvalue weighted by atomic mass is 9.97. The quantitative estimate of drug-likeness (QED) is 0.678. The van der Waals surface area contributed by atoms with Crippen LogP contribution in [0.3, 0.4) is 0 Å². The molecule has 0 radical (unpaired) electrons. The van der Waals surface area contributed by atoms with E-state index in [0.29, 0.717) is 17.0 Å². The van der Waals surface area contributed by atoms with Crippen LogP contribution in [0.4, 0.5) is 5.95 Å². The molecule has 0 saturated carbocycles. The van der Waals surface area contributed by atoms with E-state index in [1.807, 2.05) is 23.1 Å². The molecule has 3 aromatic heterocycles. The highest BCUT2D eigenvalue weighted by Gasteiger charge is 2.23. The minimum atomic E-state index is -0.251. The van der Waals surface area contributed by atoms with Crippen molar-refractivity contribution >= 4 is 44.9 Å². The number of fused-ring (bicyclic) bond motifs is 1. The first-order chi connectivity index (χ1) is 12.5. The van der Waals surface area contributed by atoms with Crippen molar-refractivity contribution in [3.05, 3.63) is 50.4 Å². The number of nitrogens with zero attached hydrogens (tertiary/aromatic N) is 3. The Bertz CT molecular complexity index is 1020. The molecule has 0 atom stereocenters. The minimum Gasteiger partial charge on any atom is -0.346 e. The molecule has 6 nitrogen and oxygen atoms in total. The molecule has 3 heterocycles. The van der Waals surface area contributed by atoms with Gasteiger partial charge in [0.05, 0.1) is 16.3 Å². The SMILES string of the molecule is Cn1c(-c2ccnc(NC(=O)c3cc(Br)cs3)n2)cc2c1CCCC2=O. The molecule has 0 bridgehead atoms. The van der Waals surface area contributed by atoms with Crippen LogP contribution in [0.1, 0.15) is 38.6 Å². The lowest BCUT2D eigenvalue weighted by molar-refractivity contribution is 0.0970. The summed E-state index contributed by atoms with van der Waals surface area (Å²) in [6.45, 7) is 0. The summed E-state index contributed by atoms with van der Waals surface area (Å²) in [6, 6.07) is 5.42. The van der Waals surface area contributed by atoms with Gasteiger partial charge in [-0.25, -0.2) is 9.97 Å². The fourth-order valence-electron chi connectivity index (χ4n) is 3.14. The molecule has 132 valence electrons. The molecule has 0 aliphatic heterocycles. The number of ketones is 1. The Hall–Kier alpha value is -2.32. The predicted molar refractivity (Wildman–Crippen MR) is 104 cm³/mol. The van der Waals surface area contributed by atoms with Crippen molar-refractivity contribution in [2.45, 2.75) is 19.3 Å². The molecule has 4 rings (SSSR count). The number of thiophene rings is 1. The topological polar surface area (TPSA) is 76.9 Å². The van der Waals surface area contributed by atoms with Gasteiger partial charge in [-0.2, -0.15) is 0 Å². The summed E-state index contributed by atoms with van der Waals surface area (Å²) in [5.74, 6) is 0.167. The minimum absolute atomic E-state index is 0.180. The van der Waals surface area contributed by atoms with E-state index >= 15 is 0 Å². The lowest BCUT2D eigenvalue weighted by Gasteiger charge is -2.12. The molecule has 1 N–H and O–H groups in total. The van der Waals surface area contributed by atoms with Gasteiger partial charge in [0.1, 0.15) is 0 Å². The second-order valence-corrected chi connectivity index (χ2v) is 7.90. The zero-order chi connectivity index (χ0) is 18.3. The average Bonchev–Trinajstić information content (AvgIpc) is 3.20. The maximum absolute atomic E-state index is 12.3. The van der Waals surface area contributed by atoms with Crippen molar-refractivity contribution in [2.75, 3.05) is 5.32 Å². The van der Waals surface area contributed by atoms with E-state index in [1.54, 1.807) is 18.3 Å². The maximum Gasteiger partial charge on any atom is 0.268 e. The number of halogens is 1. The van der Waals surface area contributed by atoms with E-state index < -0.39 is 0 Å². The Labute approximate surface area is 162 Å². The third-order valence-corrected chi connectivity index (χ3v) is 6.10. The number of carbonyl (C=O) groups is 2. The van der Waals surface area contributed by atoms with Crippen LogP contribution in [0.15, 0.2) is 34.2 Å². The first kappa shape index (κ1) is 17.1. The Kier molecular flexibility index (Phi) is 4.46. The van der Waals surface area contributed by atoms with Crippen LogP contribution < -0.4 is 5.32 Å². The van der Waals surface area contributed by atoms with Crippen molar-refractivity contribution in [2.24, 2.45) is 7.05 Å². The monoisotopic (exact) mass is 430 g/mol. The number of carbonyl (C=O) groups excluding carboxylic acids is 2. The summed E-state index contributed by atoms with van der Waals surface area (Å²) in [7, 11) is 1.94. The summed E-state index contributed by atoms with van der Waals surface area (Å²) in [4.78, 5) is 33.6. The number of rotatable bonds is 3. The van der Waals surface area contributed by atoms with Crippen molar-refractivity contribution in [3.63, 3.8) is 0 Å². The fourth-order valence-corrected chi connectivity index (χ4v) is 4.46. The average molecular weight is 431 g/mol. The largest absolute Gasteiger partial charge is 0.346 e. The summed E-state index contributed by atoms with van der Waals surface area (Å²) < 4.78 is 2.87. The molecule has 1 amide bonds. The Morgan fingerprint density at radius 3 is 2.92 bits per heavy atom. The number of aromatic nitrogens is 3. The molecular formula is C18H15BrN4O2S. The van der Waals surface area contributed by atoms with Crippen LogP contribution in [0.2, 0.25) is 0 Å². The Morgan fingerprint density at radius 1 is 1.35 bits per heavy atom. The van der Waals surface area contributed by atoms with Crippen LogP contribution in [0.25, 0.3) is 11.4 Å². The van der Waals surface area contributed by atoms with Crippen molar-refractivity contribution in [1.29, 1.82) is 0 Å². The van der Waals surface area contributed by atoms with E-state index in [4.69, 9.17) is 0 Å². The summed E-state index contributed by atoms with van der Waals surface area (Å²) in [5, 5.41) is 4.57. The molecule has 0 spiro atoms. The fraction of sp³-hybridized carbons (Fsp3) is 0.222. The zero-order valence-corrected chi connectivity index (χ0v) is 16.4. The van der Waals surface area contributed by atoms with Crippen LogP contribution >= 0.6 is 27.3 Å². The van der Waals surface area contributed by atoms with Gasteiger partial charge in [-0.15, -0.1) is 11.3 Å². The number of anilines is 1. The van der Waals surface area contributed by atoms with Crippen LogP contribution in [0, 0.1) is 0 Å². The standard InChI is InChI=1S/C18H15BrN4O2S/c1-23-13-3-2-4-15(24)11(13)8-14(23)12-5-6-20-18(21-12)22-17(25)16-7-10(19)9-26-16/h5-9H,2-4H2,1H3,(H,20,21,22,25). The van der Waals surface area contributed by atoms with Gasteiger partial charge in [-0.05, 0) is 47.0 Å². The summed E-state index contributed by atoms with van der Waals surface area (Å²) in [5.41, 5.74) is 3.35. The first-order valence-electron chi connectivity index (χ1n) is 8.13. The van der Waals surface area contributed by atoms with Gasteiger partial charge in [0.25, 0.3) is 5.91 Å². The van der Waals surface area contributed by atoms with Gasteiger partial charge in [0, 0.05) is 40.8 Å². The highest BCUT2D eigenvalue weighted by atomic mass is 79.9. The normalized spacial score (nSPS) is 13.5. The molecule has 8 heteroatoms. The molecular weight excluding hydrogens is 416 g/mol. The molecule has 0 aromatic carbocycles. The zero-order valence-electron chi connectivity index (χ0n) is 14.0. The smallest absolute Gasteiger partial charge is 0.268 e. The van der Waals surface area contributed by atoms with E-state index in [1.165, 1.54) is 11.3 Å². The second kappa shape index (κ2) is 6.77. The number of nitrogens with one attached hydrogen (secondary N) is 1. The number of hydrogen-bond acceptors (Lipinski definition) is 5. The van der Waals surface area contributed by atoms with Crippen LogP contribution in [0.5, 0.6) is 0 Å². The van der Waals surface area contributed by atoms with Gasteiger partial charge in [0.2, 0.25) is 5.95 Å². The van der Waals surface area contributed by atoms with Crippen LogP contribution in [-0.4, -0.2) is 26.2 Å². The van der Waals surface area contributed by atoms with Gasteiger partial charge in [0.15, 0.2) is 5.78 Å². The third-order valence-electron chi connectivity index (χ3n) is 4.41. The Morgan fingerprint density at radius 2 is 2.19 bits per heavy atom. The number of Topliss-reactive ketones (excluding diaryl/α,β-unsaturated/α-hetero) is 1. The van der Waals surface area contributed by atoms with Gasteiger partial charge in [-0.3, -0.25) is 14.9 Å². The molecule has 0 fully saturated rings. The highest BCUT2D eigenvalue weighted by Crippen LogP contribution is 2.29. The molecule has 1 aliphatic carbocycles. The molecule has 1 aliphatic rings. The highest BCUT2D eigenvalue weighted by molar-refractivity contribution is 9.10. The summed E-state index contributed by atoms with van der Waals surface area (Å²) >= 11 is 4.68. The molecule has 3 aromatic rings. The Balaban J connectivity index is 1.64. The number of amides is 1. The van der Waals surface area contributed by atoms with Crippen molar-refractivity contribution in [3.8, 4) is 11.4 Å². The van der Waals surface area contributed by atoms with Crippen molar-refractivity contribution in [1.82, 2.24) is 14.5 Å². The van der Waals surface area contributed by atoms with E-state index in [0.717, 1.165) is 34.3 Å². The van der Waals surface area contributed by atoms with Gasteiger partial charge >= 0.3 is 0 Å². The van der Waals surface area contributed by atoms with Crippen molar-refractivity contribution < 1.29 is 9.59 Å². The molecule has 0 unspecified atom stereocenters. The van der Waals surface area contributed by atoms with Gasteiger partial charge < -0.3 is 4.57 Å². The molecule has 26 heavy (non-hydrogen) atoms. The summed E-state index contributed by atoms with van der Waals surface area (Å²) in [6.07, 6.45) is 3.97. The third kappa shape index (κ3) is 3.10. The van der Waals surface area contributed by atoms with E-state index in [9.17, 15) is 9.59 Å². The van der Waals surface area contributed by atoms with E-state index in [2.05, 4.69) is 31.2 Å². The maximum atomic E-state index is 12.3. The first-order valence-corrected chi connectivity index (χ1v) is 9.81. The van der Waals surface area contributed by atoms with Gasteiger partial charge in [-0.1, -0.05) is 0 Å². The number of hydrogen-bond donors (Lipinski definition) is 1. The van der Waals surface area contributed by atoms with E-state index in [-0.39, 0.29) is 17.6 Å². The second-order valence-electron chi connectivity index (χ2n) is 6.07.